The van der Waals surface area contributed by atoms with Gasteiger partial charge in [0.25, 0.3) is 0 Å². The molecule has 1 heterocycles. The Balaban J connectivity index is 2.41. The van der Waals surface area contributed by atoms with Gasteiger partial charge in [0.2, 0.25) is 0 Å². The van der Waals surface area contributed by atoms with Crippen LogP contribution in [0.15, 0.2) is 0 Å². The van der Waals surface area contributed by atoms with Crippen LogP contribution in [0.3, 0.4) is 0 Å². The number of hydrogen-bond acceptors (Lipinski definition) is 4. The van der Waals surface area contributed by atoms with Crippen LogP contribution < -0.4 is 5.32 Å². The molecule has 0 aromatic carbocycles. The van der Waals surface area contributed by atoms with E-state index in [0.717, 1.165) is 25.9 Å². The number of likely N-dealkylation sites (tertiary alicyclic amines) is 1. The number of piperidine rings is 1. The van der Waals surface area contributed by atoms with Gasteiger partial charge in [0.05, 0.1) is 7.11 Å². The van der Waals surface area contributed by atoms with Crippen molar-refractivity contribution in [3.8, 4) is 0 Å². The van der Waals surface area contributed by atoms with Crippen LogP contribution in [0.4, 0.5) is 0 Å². The molecule has 0 saturated carbocycles. The molecule has 19 heavy (non-hydrogen) atoms. The maximum absolute atomic E-state index is 11.9. The molecule has 1 fully saturated rings. The van der Waals surface area contributed by atoms with Gasteiger partial charge in [0.15, 0.2) is 0 Å². The first-order valence-electron chi connectivity index (χ1n) is 7.61. The van der Waals surface area contributed by atoms with E-state index >= 15 is 0 Å². The Labute approximate surface area is 117 Å². The molecule has 4 heteroatoms. The first-order valence-corrected chi connectivity index (χ1v) is 7.61. The minimum atomic E-state index is -0.539. The fourth-order valence-electron chi connectivity index (χ4n) is 3.00. The van der Waals surface area contributed by atoms with Crippen LogP contribution in [0.5, 0.6) is 0 Å². The van der Waals surface area contributed by atoms with Crippen LogP contribution in [-0.4, -0.2) is 49.2 Å². The van der Waals surface area contributed by atoms with Gasteiger partial charge in [-0.2, -0.15) is 0 Å². The maximum atomic E-state index is 11.9. The highest BCUT2D eigenvalue weighted by Crippen LogP contribution is 2.19. The van der Waals surface area contributed by atoms with Crippen LogP contribution in [0, 0.1) is 0 Å². The van der Waals surface area contributed by atoms with Gasteiger partial charge < -0.3 is 15.0 Å². The summed E-state index contributed by atoms with van der Waals surface area (Å²) in [5.41, 5.74) is -0.539. The maximum Gasteiger partial charge on any atom is 0.325 e. The molecule has 0 aromatic rings. The fraction of sp³-hybridized carbons (Fsp3) is 0.933. The zero-order valence-corrected chi connectivity index (χ0v) is 13.0. The van der Waals surface area contributed by atoms with Gasteiger partial charge in [-0.15, -0.1) is 0 Å². The predicted molar refractivity (Wildman–Crippen MR) is 78.2 cm³/mol. The van der Waals surface area contributed by atoms with E-state index in [9.17, 15) is 4.79 Å². The Morgan fingerprint density at radius 1 is 1.47 bits per heavy atom. The minimum absolute atomic E-state index is 0.152. The Morgan fingerprint density at radius 3 is 2.79 bits per heavy atom. The summed E-state index contributed by atoms with van der Waals surface area (Å²) in [7, 11) is 1.46. The third-order valence-electron chi connectivity index (χ3n) is 4.27. The summed E-state index contributed by atoms with van der Waals surface area (Å²) < 4.78 is 4.92. The number of hydrogen-bond donors (Lipinski definition) is 1. The summed E-state index contributed by atoms with van der Waals surface area (Å²) in [6, 6.07) is 0.692. The van der Waals surface area contributed by atoms with Crippen LogP contribution in [0.2, 0.25) is 0 Å². The van der Waals surface area contributed by atoms with Crippen molar-refractivity contribution in [1.82, 2.24) is 10.2 Å². The van der Waals surface area contributed by atoms with Gasteiger partial charge in [-0.05, 0) is 59.2 Å². The van der Waals surface area contributed by atoms with Gasteiger partial charge >= 0.3 is 5.97 Å². The smallest absolute Gasteiger partial charge is 0.325 e. The molecular weight excluding hydrogens is 240 g/mol. The molecule has 0 aliphatic carbocycles. The number of carbonyl (C=O) groups is 1. The molecule has 0 amide bonds. The van der Waals surface area contributed by atoms with Gasteiger partial charge in [0.1, 0.15) is 5.54 Å². The standard InChI is InChI=1S/C15H30N2O2/c1-5-16-15(3,14(18)19-4)10-8-12-17-11-7-6-9-13(17)2/h13,16H,5-12H2,1-4H3. The SMILES string of the molecule is CCNC(C)(CCCN1CCCCC1C)C(=O)OC. The Morgan fingerprint density at radius 2 is 2.21 bits per heavy atom. The zero-order chi connectivity index (χ0) is 14.3. The predicted octanol–water partition coefficient (Wildman–Crippen LogP) is 2.18. The molecule has 0 aromatic heterocycles. The van der Waals surface area contributed by atoms with Crippen molar-refractivity contribution in [2.75, 3.05) is 26.7 Å². The molecule has 1 aliphatic rings. The molecule has 1 aliphatic heterocycles. The summed E-state index contributed by atoms with van der Waals surface area (Å²) in [6.45, 7) is 9.35. The highest BCUT2D eigenvalue weighted by atomic mass is 16.5. The third kappa shape index (κ3) is 4.77. The van der Waals surface area contributed by atoms with E-state index in [4.69, 9.17) is 4.74 Å². The number of rotatable bonds is 7. The molecule has 112 valence electrons. The summed E-state index contributed by atoms with van der Waals surface area (Å²) in [5.74, 6) is -0.152. The van der Waals surface area contributed by atoms with E-state index in [0.29, 0.717) is 6.04 Å². The molecule has 1 saturated heterocycles. The monoisotopic (exact) mass is 270 g/mol. The summed E-state index contributed by atoms with van der Waals surface area (Å²) in [4.78, 5) is 14.4. The van der Waals surface area contributed by atoms with E-state index in [2.05, 4.69) is 17.1 Å². The second-order valence-electron chi connectivity index (χ2n) is 5.84. The molecule has 1 rings (SSSR count). The van der Waals surface area contributed by atoms with Crippen molar-refractivity contribution < 1.29 is 9.53 Å². The van der Waals surface area contributed by atoms with E-state index < -0.39 is 5.54 Å². The lowest BCUT2D eigenvalue weighted by Gasteiger charge is -2.34. The molecule has 1 N–H and O–H groups in total. The second kappa shape index (κ2) is 7.85. The van der Waals surface area contributed by atoms with Crippen LogP contribution in [0.25, 0.3) is 0 Å². The Bertz CT molecular complexity index is 283. The fourth-order valence-corrected chi connectivity index (χ4v) is 3.00. The number of nitrogens with zero attached hydrogens (tertiary/aromatic N) is 1. The molecule has 2 atom stereocenters. The largest absolute Gasteiger partial charge is 0.468 e. The van der Waals surface area contributed by atoms with E-state index in [-0.39, 0.29) is 5.97 Å². The molecular formula is C15H30N2O2. The van der Waals surface area contributed by atoms with Gasteiger partial charge in [0, 0.05) is 6.04 Å². The average Bonchev–Trinajstić information content (AvgIpc) is 2.40. The van der Waals surface area contributed by atoms with E-state index in [1.807, 2.05) is 13.8 Å². The second-order valence-corrected chi connectivity index (χ2v) is 5.84. The lowest BCUT2D eigenvalue weighted by Crippen LogP contribution is -2.50. The molecule has 2 unspecified atom stereocenters. The number of nitrogens with one attached hydrogen (secondary N) is 1. The lowest BCUT2D eigenvalue weighted by atomic mass is 9.94. The number of likely N-dealkylation sites (N-methyl/N-ethyl adjacent to an activating group) is 1. The highest BCUT2D eigenvalue weighted by Gasteiger charge is 2.33. The summed E-state index contributed by atoms with van der Waals surface area (Å²) >= 11 is 0. The summed E-state index contributed by atoms with van der Waals surface area (Å²) in [5, 5.41) is 3.27. The quantitative estimate of drug-likeness (QED) is 0.720. The number of esters is 1. The average molecular weight is 270 g/mol. The van der Waals surface area contributed by atoms with Gasteiger partial charge in [-0.3, -0.25) is 4.79 Å². The van der Waals surface area contributed by atoms with Crippen LogP contribution >= 0.6 is 0 Å². The Hall–Kier alpha value is -0.610. The number of carbonyl (C=O) groups excluding carboxylic acids is 1. The first kappa shape index (κ1) is 16.4. The normalized spacial score (nSPS) is 23.9. The lowest BCUT2D eigenvalue weighted by molar-refractivity contribution is -0.148. The molecule has 0 radical (unpaired) electrons. The van der Waals surface area contributed by atoms with Crippen molar-refractivity contribution >= 4 is 5.97 Å². The van der Waals surface area contributed by atoms with Gasteiger partial charge in [-0.25, -0.2) is 0 Å². The first-order chi connectivity index (χ1) is 9.03. The zero-order valence-electron chi connectivity index (χ0n) is 13.0. The van der Waals surface area contributed by atoms with Crippen molar-refractivity contribution in [3.05, 3.63) is 0 Å². The van der Waals surface area contributed by atoms with Crippen LogP contribution in [-0.2, 0) is 9.53 Å². The molecule has 0 bridgehead atoms. The number of methoxy groups -OCH3 is 1. The Kier molecular flexibility index (Phi) is 6.80. The van der Waals surface area contributed by atoms with E-state index in [1.165, 1.54) is 32.9 Å². The van der Waals surface area contributed by atoms with Gasteiger partial charge in [-0.1, -0.05) is 13.3 Å². The highest BCUT2D eigenvalue weighted by molar-refractivity contribution is 5.80. The topological polar surface area (TPSA) is 41.6 Å². The van der Waals surface area contributed by atoms with E-state index in [1.54, 1.807) is 0 Å². The van der Waals surface area contributed by atoms with Crippen molar-refractivity contribution in [3.63, 3.8) is 0 Å². The minimum Gasteiger partial charge on any atom is -0.468 e. The number of ether oxygens (including phenoxy) is 1. The van der Waals surface area contributed by atoms with Crippen molar-refractivity contribution in [2.24, 2.45) is 0 Å². The van der Waals surface area contributed by atoms with Crippen molar-refractivity contribution in [1.29, 1.82) is 0 Å². The molecule has 0 spiro atoms. The van der Waals surface area contributed by atoms with Crippen LogP contribution in [0.1, 0.15) is 52.9 Å². The third-order valence-corrected chi connectivity index (χ3v) is 4.27. The van der Waals surface area contributed by atoms with Crippen molar-refractivity contribution in [2.45, 2.75) is 64.5 Å². The summed E-state index contributed by atoms with van der Waals surface area (Å²) in [6.07, 6.45) is 5.84. The molecule has 4 nitrogen and oxygen atoms in total.